The number of hydrogen-bond donors (Lipinski definition) is 1. The van der Waals surface area contributed by atoms with Gasteiger partial charge in [0.05, 0.1) is 5.75 Å². The van der Waals surface area contributed by atoms with Crippen LogP contribution in [0.25, 0.3) is 0 Å². The summed E-state index contributed by atoms with van der Waals surface area (Å²) in [6, 6.07) is 14.9. The number of rotatable bonds is 10. The zero-order valence-electron chi connectivity index (χ0n) is 17.5. The minimum absolute atomic E-state index is 0.0794. The molecule has 0 spiro atoms. The van der Waals surface area contributed by atoms with E-state index in [1.807, 2.05) is 56.3 Å². The normalized spacial score (nSPS) is 11.9. The number of nitrogens with zero attached hydrogens (tertiary/aromatic N) is 1. The molecule has 0 unspecified atom stereocenters. The van der Waals surface area contributed by atoms with Gasteiger partial charge in [-0.3, -0.25) is 9.59 Å². The van der Waals surface area contributed by atoms with E-state index in [2.05, 4.69) is 21.2 Å². The second-order valence-electron chi connectivity index (χ2n) is 7.55. The third kappa shape index (κ3) is 7.97. The van der Waals surface area contributed by atoms with E-state index in [1.54, 1.807) is 17.9 Å². The Labute approximate surface area is 196 Å². The number of hydrogen-bond acceptors (Lipinski definition) is 3. The van der Waals surface area contributed by atoms with Gasteiger partial charge in [0.1, 0.15) is 6.04 Å². The molecule has 0 heterocycles. The van der Waals surface area contributed by atoms with Crippen LogP contribution in [0, 0.1) is 5.92 Å². The number of amides is 2. The number of carbonyl (C=O) groups is 2. The zero-order chi connectivity index (χ0) is 22.1. The monoisotopic (exact) mass is 510 g/mol. The molecule has 0 aliphatic heterocycles. The van der Waals surface area contributed by atoms with Crippen LogP contribution >= 0.6 is 39.3 Å². The van der Waals surface area contributed by atoms with Crippen LogP contribution in [0.5, 0.6) is 0 Å². The van der Waals surface area contributed by atoms with Gasteiger partial charge >= 0.3 is 0 Å². The molecule has 1 atom stereocenters. The van der Waals surface area contributed by atoms with Gasteiger partial charge in [0.15, 0.2) is 0 Å². The molecule has 0 fully saturated rings. The van der Waals surface area contributed by atoms with Gasteiger partial charge in [-0.2, -0.15) is 0 Å². The highest BCUT2D eigenvalue weighted by Gasteiger charge is 2.26. The lowest BCUT2D eigenvalue weighted by molar-refractivity contribution is -0.138. The maximum atomic E-state index is 13.1. The lowest BCUT2D eigenvalue weighted by Gasteiger charge is -2.29. The number of halogens is 2. The van der Waals surface area contributed by atoms with E-state index in [-0.39, 0.29) is 11.8 Å². The predicted octanol–water partition coefficient (Wildman–Crippen LogP) is 5.53. The standard InChI is InChI=1S/C23H28BrClN2O2S/c1-16(2)12-26-23(29)17(3)27(13-19-6-4-5-7-21(19)25)22(28)15-30-14-18-8-10-20(24)11-9-18/h4-11,16-17H,12-15H2,1-3H3,(H,26,29)/t17-/m1/s1. The number of carbonyl (C=O) groups excluding carboxylic acids is 2. The summed E-state index contributed by atoms with van der Waals surface area (Å²) in [5, 5.41) is 3.52. The maximum absolute atomic E-state index is 13.1. The summed E-state index contributed by atoms with van der Waals surface area (Å²) in [4.78, 5) is 27.3. The minimum Gasteiger partial charge on any atom is -0.354 e. The molecule has 2 amide bonds. The summed E-state index contributed by atoms with van der Waals surface area (Å²) >= 11 is 11.3. The average Bonchev–Trinajstić information content (AvgIpc) is 2.72. The Morgan fingerprint density at radius 1 is 1.10 bits per heavy atom. The highest BCUT2D eigenvalue weighted by atomic mass is 79.9. The Bertz CT molecular complexity index is 845. The average molecular weight is 512 g/mol. The SMILES string of the molecule is CC(C)CNC(=O)[C@@H](C)N(Cc1ccccc1Cl)C(=O)CSCc1ccc(Br)cc1. The molecule has 0 aliphatic rings. The van der Waals surface area contributed by atoms with Crippen LogP contribution in [0.2, 0.25) is 5.02 Å². The molecular formula is C23H28BrClN2O2S. The summed E-state index contributed by atoms with van der Waals surface area (Å²) < 4.78 is 1.03. The molecule has 1 N–H and O–H groups in total. The van der Waals surface area contributed by atoms with Crippen LogP contribution in [0.3, 0.4) is 0 Å². The van der Waals surface area contributed by atoms with Gasteiger partial charge in [-0.05, 0) is 42.2 Å². The van der Waals surface area contributed by atoms with Gasteiger partial charge in [-0.15, -0.1) is 11.8 Å². The van der Waals surface area contributed by atoms with E-state index in [9.17, 15) is 9.59 Å². The summed E-state index contributed by atoms with van der Waals surface area (Å²) in [6.07, 6.45) is 0. The lowest BCUT2D eigenvalue weighted by atomic mass is 10.1. The molecule has 30 heavy (non-hydrogen) atoms. The van der Waals surface area contributed by atoms with Crippen molar-refractivity contribution in [1.29, 1.82) is 0 Å². The first-order chi connectivity index (χ1) is 14.3. The fourth-order valence-electron chi connectivity index (χ4n) is 2.76. The fraction of sp³-hybridized carbons (Fsp3) is 0.391. The van der Waals surface area contributed by atoms with Gasteiger partial charge in [-0.25, -0.2) is 0 Å². The molecule has 0 aromatic heterocycles. The first-order valence-electron chi connectivity index (χ1n) is 9.90. The lowest BCUT2D eigenvalue weighted by Crippen LogP contribution is -2.48. The van der Waals surface area contributed by atoms with Crippen molar-refractivity contribution in [3.8, 4) is 0 Å². The van der Waals surface area contributed by atoms with Crippen molar-refractivity contribution in [3.05, 3.63) is 69.2 Å². The first kappa shape index (κ1) is 24.8. The number of benzene rings is 2. The highest BCUT2D eigenvalue weighted by molar-refractivity contribution is 9.10. The molecular weight excluding hydrogens is 484 g/mol. The van der Waals surface area contributed by atoms with E-state index in [4.69, 9.17) is 11.6 Å². The van der Waals surface area contributed by atoms with Crippen LogP contribution in [0.15, 0.2) is 53.0 Å². The number of nitrogens with one attached hydrogen (secondary N) is 1. The molecule has 0 saturated heterocycles. The van der Waals surface area contributed by atoms with Crippen LogP contribution in [0.4, 0.5) is 0 Å². The Morgan fingerprint density at radius 2 is 1.77 bits per heavy atom. The molecule has 0 bridgehead atoms. The largest absolute Gasteiger partial charge is 0.354 e. The van der Waals surface area contributed by atoms with Crippen molar-refractivity contribution in [2.45, 2.75) is 39.1 Å². The third-order valence-corrected chi connectivity index (χ3v) is 6.44. The van der Waals surface area contributed by atoms with Crippen LogP contribution in [0.1, 0.15) is 31.9 Å². The van der Waals surface area contributed by atoms with Crippen molar-refractivity contribution >= 4 is 51.1 Å². The van der Waals surface area contributed by atoms with Crippen molar-refractivity contribution < 1.29 is 9.59 Å². The molecule has 0 aliphatic carbocycles. The van der Waals surface area contributed by atoms with Gasteiger partial charge in [-0.1, -0.05) is 71.7 Å². The van der Waals surface area contributed by atoms with Crippen LogP contribution in [-0.2, 0) is 21.9 Å². The predicted molar refractivity (Wildman–Crippen MR) is 130 cm³/mol. The Balaban J connectivity index is 2.06. The van der Waals surface area contributed by atoms with Crippen molar-refractivity contribution in [1.82, 2.24) is 10.2 Å². The molecule has 0 saturated carbocycles. The summed E-state index contributed by atoms with van der Waals surface area (Å²) in [5.74, 6) is 1.14. The van der Waals surface area contributed by atoms with E-state index in [1.165, 1.54) is 11.8 Å². The third-order valence-electron chi connectivity index (χ3n) is 4.56. The Morgan fingerprint density at radius 3 is 2.40 bits per heavy atom. The number of thioether (sulfide) groups is 1. The molecule has 0 radical (unpaired) electrons. The second-order valence-corrected chi connectivity index (χ2v) is 9.86. The van der Waals surface area contributed by atoms with Gasteiger partial charge in [0, 0.05) is 28.3 Å². The molecule has 2 aromatic rings. The molecule has 2 aromatic carbocycles. The van der Waals surface area contributed by atoms with Crippen molar-refractivity contribution in [2.24, 2.45) is 5.92 Å². The zero-order valence-corrected chi connectivity index (χ0v) is 20.7. The second kappa shape index (κ2) is 12.4. The first-order valence-corrected chi connectivity index (χ1v) is 12.2. The fourth-order valence-corrected chi connectivity index (χ4v) is 4.10. The minimum atomic E-state index is -0.583. The maximum Gasteiger partial charge on any atom is 0.242 e. The molecule has 7 heteroatoms. The highest BCUT2D eigenvalue weighted by Crippen LogP contribution is 2.21. The van der Waals surface area contributed by atoms with E-state index in [0.717, 1.165) is 21.4 Å². The summed E-state index contributed by atoms with van der Waals surface area (Å²) in [6.45, 7) is 6.72. The topological polar surface area (TPSA) is 49.4 Å². The van der Waals surface area contributed by atoms with E-state index < -0.39 is 6.04 Å². The van der Waals surface area contributed by atoms with E-state index in [0.29, 0.717) is 29.8 Å². The molecule has 2 rings (SSSR count). The van der Waals surface area contributed by atoms with Crippen LogP contribution in [-0.4, -0.2) is 35.1 Å². The van der Waals surface area contributed by atoms with Crippen molar-refractivity contribution in [3.63, 3.8) is 0 Å². The van der Waals surface area contributed by atoms with E-state index >= 15 is 0 Å². The van der Waals surface area contributed by atoms with Gasteiger partial charge < -0.3 is 10.2 Å². The van der Waals surface area contributed by atoms with Gasteiger partial charge in [0.2, 0.25) is 11.8 Å². The summed E-state index contributed by atoms with van der Waals surface area (Å²) in [5.41, 5.74) is 1.98. The summed E-state index contributed by atoms with van der Waals surface area (Å²) in [7, 11) is 0. The molecule has 162 valence electrons. The Hall–Kier alpha value is -1.50. The smallest absolute Gasteiger partial charge is 0.242 e. The van der Waals surface area contributed by atoms with Crippen LogP contribution < -0.4 is 5.32 Å². The quantitative estimate of drug-likeness (QED) is 0.456. The van der Waals surface area contributed by atoms with Crippen molar-refractivity contribution in [2.75, 3.05) is 12.3 Å². The van der Waals surface area contributed by atoms with Gasteiger partial charge in [0.25, 0.3) is 0 Å². The Kier molecular flexibility index (Phi) is 10.2. The molecule has 4 nitrogen and oxygen atoms in total.